The summed E-state index contributed by atoms with van der Waals surface area (Å²) in [6.07, 6.45) is 4.08. The number of piperazine rings is 1. The third-order valence-corrected chi connectivity index (χ3v) is 4.06. The first-order valence-corrected chi connectivity index (χ1v) is 7.61. The van der Waals surface area contributed by atoms with Gasteiger partial charge in [0.1, 0.15) is 0 Å². The van der Waals surface area contributed by atoms with E-state index in [1.54, 1.807) is 0 Å². The van der Waals surface area contributed by atoms with Crippen LogP contribution < -0.4 is 5.32 Å². The van der Waals surface area contributed by atoms with Gasteiger partial charge in [-0.1, -0.05) is 20.3 Å². The number of nitrogens with zero attached hydrogens (tertiary/aromatic N) is 1. The van der Waals surface area contributed by atoms with Gasteiger partial charge in [-0.3, -0.25) is 4.90 Å². The predicted molar refractivity (Wildman–Crippen MR) is 78.1 cm³/mol. The van der Waals surface area contributed by atoms with Crippen molar-refractivity contribution in [3.05, 3.63) is 0 Å². The van der Waals surface area contributed by atoms with E-state index in [9.17, 15) is 0 Å². The summed E-state index contributed by atoms with van der Waals surface area (Å²) in [6, 6.07) is 0.686. The molecule has 0 aliphatic carbocycles. The molecule has 1 aliphatic heterocycles. The van der Waals surface area contributed by atoms with E-state index in [-0.39, 0.29) is 5.54 Å². The van der Waals surface area contributed by atoms with E-state index >= 15 is 0 Å². The van der Waals surface area contributed by atoms with Gasteiger partial charge in [-0.2, -0.15) is 0 Å². The summed E-state index contributed by atoms with van der Waals surface area (Å²) < 4.78 is 5.71. The Balaban J connectivity index is 2.49. The lowest BCUT2D eigenvalue weighted by Gasteiger charge is -2.46. The highest BCUT2D eigenvalue weighted by Gasteiger charge is 2.33. The highest BCUT2D eigenvalue weighted by atomic mass is 16.5. The topological polar surface area (TPSA) is 24.5 Å². The van der Waals surface area contributed by atoms with Crippen LogP contribution in [-0.2, 0) is 4.74 Å². The van der Waals surface area contributed by atoms with Crippen LogP contribution in [0.5, 0.6) is 0 Å². The summed E-state index contributed by atoms with van der Waals surface area (Å²) in [5, 5.41) is 3.73. The predicted octanol–water partition coefficient (Wildman–Crippen LogP) is 2.65. The molecule has 1 aliphatic rings. The second-order valence-electron chi connectivity index (χ2n) is 6.13. The lowest BCUT2D eigenvalue weighted by molar-refractivity contribution is 0.0210. The average molecular weight is 256 g/mol. The molecule has 3 nitrogen and oxygen atoms in total. The molecule has 1 fully saturated rings. The van der Waals surface area contributed by atoms with Gasteiger partial charge in [-0.25, -0.2) is 0 Å². The molecule has 18 heavy (non-hydrogen) atoms. The Kier molecular flexibility index (Phi) is 6.61. The Hall–Kier alpha value is -0.120. The van der Waals surface area contributed by atoms with E-state index in [4.69, 9.17) is 4.74 Å². The number of hydrogen-bond donors (Lipinski definition) is 1. The van der Waals surface area contributed by atoms with Crippen molar-refractivity contribution in [1.29, 1.82) is 0 Å². The number of rotatable bonds is 7. The Morgan fingerprint density at radius 1 is 1.39 bits per heavy atom. The van der Waals surface area contributed by atoms with Crippen molar-refractivity contribution in [1.82, 2.24) is 10.2 Å². The summed E-state index contributed by atoms with van der Waals surface area (Å²) in [5.74, 6) is 0. The molecule has 1 saturated heterocycles. The molecule has 0 amide bonds. The molecule has 1 N–H and O–H groups in total. The van der Waals surface area contributed by atoms with E-state index in [0.29, 0.717) is 12.1 Å². The first kappa shape index (κ1) is 15.9. The molecule has 1 heterocycles. The summed E-state index contributed by atoms with van der Waals surface area (Å²) in [4.78, 5) is 2.63. The molecule has 108 valence electrons. The normalized spacial score (nSPS) is 30.0. The smallest absolute Gasteiger partial charge is 0.0597 e. The molecule has 2 atom stereocenters. The lowest BCUT2D eigenvalue weighted by Crippen LogP contribution is -2.63. The summed E-state index contributed by atoms with van der Waals surface area (Å²) in [6.45, 7) is 15.3. The van der Waals surface area contributed by atoms with Crippen LogP contribution in [0.15, 0.2) is 0 Å². The number of nitrogens with one attached hydrogen (secondary N) is 1. The van der Waals surface area contributed by atoms with Crippen LogP contribution in [0.3, 0.4) is 0 Å². The maximum atomic E-state index is 5.71. The molecule has 1 rings (SSSR count). The van der Waals surface area contributed by atoms with Gasteiger partial charge in [0.2, 0.25) is 0 Å². The Bertz CT molecular complexity index is 233. The molecule has 0 aromatic rings. The van der Waals surface area contributed by atoms with Crippen LogP contribution in [0, 0.1) is 0 Å². The Labute approximate surface area is 113 Å². The van der Waals surface area contributed by atoms with Gasteiger partial charge in [0.15, 0.2) is 0 Å². The minimum Gasteiger partial charge on any atom is -0.377 e. The SMILES string of the molecule is CCCC1CNC(C)(CC)CN1CCOC(C)C. The fraction of sp³-hybridized carbons (Fsp3) is 1.00. The van der Waals surface area contributed by atoms with Crippen molar-refractivity contribution in [2.75, 3.05) is 26.2 Å². The van der Waals surface area contributed by atoms with Crippen LogP contribution in [0.1, 0.15) is 53.9 Å². The summed E-state index contributed by atoms with van der Waals surface area (Å²) in [7, 11) is 0. The second-order valence-corrected chi connectivity index (χ2v) is 6.13. The van der Waals surface area contributed by atoms with Crippen molar-refractivity contribution in [3.63, 3.8) is 0 Å². The molecule has 0 aromatic carbocycles. The van der Waals surface area contributed by atoms with Crippen LogP contribution in [0.2, 0.25) is 0 Å². The minimum absolute atomic E-state index is 0.280. The van der Waals surface area contributed by atoms with Gasteiger partial charge < -0.3 is 10.1 Å². The van der Waals surface area contributed by atoms with Gasteiger partial charge >= 0.3 is 0 Å². The molecule has 0 aromatic heterocycles. The third-order valence-electron chi connectivity index (χ3n) is 4.06. The zero-order valence-electron chi connectivity index (χ0n) is 13.0. The second kappa shape index (κ2) is 7.46. The lowest BCUT2D eigenvalue weighted by atomic mass is 9.92. The maximum absolute atomic E-state index is 5.71. The van der Waals surface area contributed by atoms with E-state index in [0.717, 1.165) is 26.2 Å². The zero-order valence-corrected chi connectivity index (χ0v) is 13.0. The average Bonchev–Trinajstić information content (AvgIpc) is 2.32. The van der Waals surface area contributed by atoms with E-state index in [1.165, 1.54) is 19.3 Å². The van der Waals surface area contributed by atoms with E-state index in [1.807, 2.05) is 0 Å². The zero-order chi connectivity index (χ0) is 13.6. The van der Waals surface area contributed by atoms with Crippen LogP contribution in [0.25, 0.3) is 0 Å². The third kappa shape index (κ3) is 4.87. The van der Waals surface area contributed by atoms with Crippen LogP contribution in [-0.4, -0.2) is 48.8 Å². The number of ether oxygens (including phenoxy) is 1. The van der Waals surface area contributed by atoms with Gasteiger partial charge in [-0.15, -0.1) is 0 Å². The molecular weight excluding hydrogens is 224 g/mol. The molecule has 2 unspecified atom stereocenters. The maximum Gasteiger partial charge on any atom is 0.0597 e. The molecule has 0 spiro atoms. The molecule has 0 radical (unpaired) electrons. The first-order valence-electron chi connectivity index (χ1n) is 7.61. The van der Waals surface area contributed by atoms with Gasteiger partial charge in [0.25, 0.3) is 0 Å². The van der Waals surface area contributed by atoms with Crippen LogP contribution in [0.4, 0.5) is 0 Å². The van der Waals surface area contributed by atoms with Crippen molar-refractivity contribution in [2.24, 2.45) is 0 Å². The Morgan fingerprint density at radius 3 is 2.67 bits per heavy atom. The molecule has 0 saturated carbocycles. The van der Waals surface area contributed by atoms with Crippen molar-refractivity contribution < 1.29 is 4.74 Å². The fourth-order valence-electron chi connectivity index (χ4n) is 2.65. The van der Waals surface area contributed by atoms with Crippen molar-refractivity contribution in [3.8, 4) is 0 Å². The standard InChI is InChI=1S/C15H32N2O/c1-6-8-14-11-16-15(5,7-2)12-17(14)9-10-18-13(3)4/h13-14,16H,6-12H2,1-5H3. The molecular formula is C15H32N2O. The van der Waals surface area contributed by atoms with Gasteiger partial charge in [0, 0.05) is 31.2 Å². The molecule has 3 heteroatoms. The highest BCUT2D eigenvalue weighted by Crippen LogP contribution is 2.20. The minimum atomic E-state index is 0.280. The van der Waals surface area contributed by atoms with Gasteiger partial charge in [-0.05, 0) is 33.6 Å². The van der Waals surface area contributed by atoms with Gasteiger partial charge in [0.05, 0.1) is 12.7 Å². The molecule has 0 bridgehead atoms. The highest BCUT2D eigenvalue weighted by molar-refractivity contribution is 4.94. The van der Waals surface area contributed by atoms with Crippen LogP contribution >= 0.6 is 0 Å². The fourth-order valence-corrected chi connectivity index (χ4v) is 2.65. The van der Waals surface area contributed by atoms with E-state index in [2.05, 4.69) is 44.8 Å². The van der Waals surface area contributed by atoms with E-state index < -0.39 is 0 Å². The van der Waals surface area contributed by atoms with Crippen molar-refractivity contribution >= 4 is 0 Å². The van der Waals surface area contributed by atoms with Crippen molar-refractivity contribution in [2.45, 2.75) is 71.6 Å². The largest absolute Gasteiger partial charge is 0.377 e. The number of hydrogen-bond acceptors (Lipinski definition) is 3. The quantitative estimate of drug-likeness (QED) is 0.758. The monoisotopic (exact) mass is 256 g/mol. The summed E-state index contributed by atoms with van der Waals surface area (Å²) >= 11 is 0. The Morgan fingerprint density at radius 2 is 2.11 bits per heavy atom. The summed E-state index contributed by atoms with van der Waals surface area (Å²) in [5.41, 5.74) is 0.280. The first-order chi connectivity index (χ1) is 8.50.